The molecule has 0 aromatic heterocycles. The van der Waals surface area contributed by atoms with E-state index < -0.39 is 0 Å². The minimum atomic E-state index is -0.163. The van der Waals surface area contributed by atoms with Gasteiger partial charge in [-0.05, 0) is 228 Å². The number of ether oxygens (including phenoxy) is 33. The summed E-state index contributed by atoms with van der Waals surface area (Å²) in [6.45, 7) is 83.8. The molecule has 33 atom stereocenters. The topological polar surface area (TPSA) is 314 Å². The van der Waals surface area contributed by atoms with Crippen LogP contribution in [0, 0.1) is 0 Å². The van der Waals surface area contributed by atoms with Gasteiger partial charge in [0.1, 0.15) is 0 Å². The zero-order valence-electron chi connectivity index (χ0n) is 95.3. The molecule has 141 heavy (non-hydrogen) atoms. The number of rotatable bonds is 99. The Kier molecular flexibility index (Phi) is 83.0. The van der Waals surface area contributed by atoms with Crippen molar-refractivity contribution in [1.29, 1.82) is 0 Å². The fourth-order valence-electron chi connectivity index (χ4n) is 13.1. The van der Waals surface area contributed by atoms with Crippen LogP contribution in [0.1, 0.15) is 228 Å². The van der Waals surface area contributed by atoms with Crippen LogP contribution in [0.2, 0.25) is 0 Å². The van der Waals surface area contributed by atoms with Crippen LogP contribution in [-0.4, -0.2) is 475 Å². The van der Waals surface area contributed by atoms with Gasteiger partial charge in [-0.25, -0.2) is 0 Å². The molecule has 1 saturated heterocycles. The molecule has 1 rings (SSSR count). The first kappa shape index (κ1) is 138. The van der Waals surface area contributed by atoms with Crippen molar-refractivity contribution in [1.82, 2.24) is 14.7 Å². The van der Waals surface area contributed by atoms with E-state index in [0.29, 0.717) is 218 Å². The molecule has 0 amide bonds. The van der Waals surface area contributed by atoms with Gasteiger partial charge in [-0.3, -0.25) is 14.7 Å². The van der Waals surface area contributed by atoms with Crippen LogP contribution < -0.4 is 0 Å². The van der Waals surface area contributed by atoms with Crippen molar-refractivity contribution in [3.05, 3.63) is 0 Å². The third-order valence-corrected chi connectivity index (χ3v) is 22.6. The maximum atomic E-state index is 6.55. The third-order valence-electron chi connectivity index (χ3n) is 22.6. The Labute approximate surface area is 856 Å². The van der Waals surface area contributed by atoms with Crippen LogP contribution in [-0.2, 0) is 156 Å². The van der Waals surface area contributed by atoms with Gasteiger partial charge in [-0.2, -0.15) is 0 Å². The molecule has 0 N–H and O–H groups in total. The molecular formula is C105H213N3O33. The monoisotopic (exact) mass is 2040 g/mol. The molecule has 0 saturated carbocycles. The first-order valence-corrected chi connectivity index (χ1v) is 53.0. The second-order valence-corrected chi connectivity index (χ2v) is 40.4. The summed E-state index contributed by atoms with van der Waals surface area (Å²) in [7, 11) is 4.99. The van der Waals surface area contributed by atoms with Gasteiger partial charge < -0.3 is 156 Å². The number of nitrogens with zero attached hydrogens (tertiary/aromatic N) is 3. The Hall–Kier alpha value is -1.44. The highest BCUT2D eigenvalue weighted by Crippen LogP contribution is 2.21. The average Bonchev–Trinajstić information content (AvgIpc) is 0.822. The lowest BCUT2D eigenvalue weighted by Gasteiger charge is -2.48. The Morgan fingerprint density at radius 3 is 0.241 bits per heavy atom. The van der Waals surface area contributed by atoms with Crippen molar-refractivity contribution in [2.45, 2.75) is 430 Å². The highest BCUT2D eigenvalue weighted by molar-refractivity contribution is 4.82. The van der Waals surface area contributed by atoms with E-state index in [4.69, 9.17) is 156 Å². The van der Waals surface area contributed by atoms with E-state index in [9.17, 15) is 0 Å². The van der Waals surface area contributed by atoms with Crippen molar-refractivity contribution in [3.8, 4) is 0 Å². The summed E-state index contributed by atoms with van der Waals surface area (Å²) < 4.78 is 198. The van der Waals surface area contributed by atoms with E-state index in [-0.39, 0.29) is 201 Å². The highest BCUT2D eigenvalue weighted by Gasteiger charge is 2.34. The summed E-state index contributed by atoms with van der Waals surface area (Å²) in [5.74, 6) is 0. The molecule has 33 unspecified atom stereocenters. The molecule has 0 radical (unpaired) electrons. The fraction of sp³-hybridized carbons (Fsp3) is 1.00. The van der Waals surface area contributed by atoms with Gasteiger partial charge in [0, 0.05) is 39.5 Å². The van der Waals surface area contributed by atoms with E-state index in [1.807, 2.05) is 187 Å². The maximum absolute atomic E-state index is 6.55. The molecular weight excluding hydrogens is 1830 g/mol. The van der Waals surface area contributed by atoms with Crippen molar-refractivity contribution < 1.29 is 156 Å². The molecule has 1 aliphatic heterocycles. The van der Waals surface area contributed by atoms with Crippen molar-refractivity contribution >= 4 is 0 Å². The van der Waals surface area contributed by atoms with Crippen molar-refractivity contribution in [2.24, 2.45) is 0 Å². The zero-order chi connectivity index (χ0) is 106. The molecule has 36 nitrogen and oxygen atoms in total. The normalized spacial score (nSPS) is 20.7. The van der Waals surface area contributed by atoms with Gasteiger partial charge in [0.2, 0.25) is 0 Å². The lowest BCUT2D eigenvalue weighted by atomic mass is 10.2. The fourth-order valence-corrected chi connectivity index (χ4v) is 13.1. The second kappa shape index (κ2) is 85.1. The van der Waals surface area contributed by atoms with E-state index in [1.165, 1.54) is 0 Å². The summed E-state index contributed by atoms with van der Waals surface area (Å²) in [6, 6.07) is 0.192. The largest absolute Gasteiger partial charge is 0.382 e. The molecule has 1 fully saturated rings. The summed E-state index contributed by atoms with van der Waals surface area (Å²) in [5, 5.41) is 0. The predicted octanol–water partition coefficient (Wildman–Crippen LogP) is 13.0. The van der Waals surface area contributed by atoms with E-state index in [1.54, 1.807) is 21.3 Å². The maximum Gasteiger partial charge on any atom is 0.0781 e. The standard InChI is InChI=1S/C105H213N3O33/c1-73(37-112-79(7)43-118-85(13)49-124-91(19)55-130-97(25)61-136-103(31)67-139-100(28)64-133-94(22)58-127-88(16)52-121-82(10)46-115-76(4)40-109-34)106-70-107(74(2)38-113-80(8)44-119-86(14)50-125-92(20)56-131-98(26)62-137-104(32)68-140-101(29)65-134-95(23)59-128-89(17)53-122-83(11)47-116-77(5)41-110-35)72-108(71-106)75(3)39-114-81(9)45-120-87(15)51-126-93(21)57-132-99(27)63-138-105(33)69-141-102(30)66-135-96(24)60-129-90(18)54-123-84(12)48-117-78(6)42-111-36/h73-105H,37-72H2,1-36H3. The smallest absolute Gasteiger partial charge is 0.0781 e. The molecule has 846 valence electrons. The molecule has 0 bridgehead atoms. The number of methoxy groups -OCH3 is 3. The number of hydrogen-bond acceptors (Lipinski definition) is 36. The third kappa shape index (κ3) is 78.4. The quantitative estimate of drug-likeness (QED) is 0.0546. The van der Waals surface area contributed by atoms with E-state index in [2.05, 4.69) is 56.2 Å². The number of hydrogen-bond donors (Lipinski definition) is 0. The summed E-state index contributed by atoms with van der Waals surface area (Å²) in [4.78, 5) is 7.39. The Morgan fingerprint density at radius 1 is 0.106 bits per heavy atom. The van der Waals surface area contributed by atoms with Crippen LogP contribution in [0.5, 0.6) is 0 Å². The SMILES string of the molecule is COCC(C)OCC(C)OCC(C)OCC(C)OCC(C)OCC(C)OCC(C)OCC(C)OCC(C)OCC(C)OCC(C)N1CN(C(C)COC(C)COC(C)COC(C)COC(C)COC(C)COC(C)COC(C)COC(C)COC(C)COC(C)COC)CN(C(C)COC(C)COC(C)COC(C)COC(C)COC(C)COC(C)COC(C)COC(C)COC(C)COC(C)COC)C1. The molecule has 0 aliphatic carbocycles. The average molecular weight is 2050 g/mol. The van der Waals surface area contributed by atoms with E-state index in [0.717, 1.165) is 20.0 Å². The molecule has 36 heteroatoms. The molecule has 0 aromatic rings. The van der Waals surface area contributed by atoms with Crippen LogP contribution in [0.3, 0.4) is 0 Å². The second-order valence-electron chi connectivity index (χ2n) is 40.4. The van der Waals surface area contributed by atoms with E-state index >= 15 is 0 Å². The van der Waals surface area contributed by atoms with Gasteiger partial charge in [0.15, 0.2) is 0 Å². The Bertz CT molecular complexity index is 2490. The summed E-state index contributed by atoms with van der Waals surface area (Å²) in [5.41, 5.74) is 0. The summed E-state index contributed by atoms with van der Waals surface area (Å²) in [6.07, 6.45) is -3.28. The molecule has 1 aliphatic rings. The minimum absolute atomic E-state index is 0.0163. The van der Waals surface area contributed by atoms with Crippen LogP contribution in [0.25, 0.3) is 0 Å². The van der Waals surface area contributed by atoms with Crippen molar-refractivity contribution in [2.75, 3.05) is 259 Å². The van der Waals surface area contributed by atoms with Gasteiger partial charge >= 0.3 is 0 Å². The summed E-state index contributed by atoms with van der Waals surface area (Å²) >= 11 is 0. The van der Waals surface area contributed by atoms with Crippen LogP contribution in [0.15, 0.2) is 0 Å². The first-order chi connectivity index (χ1) is 66.8. The van der Waals surface area contributed by atoms with Gasteiger partial charge in [-0.15, -0.1) is 0 Å². The van der Waals surface area contributed by atoms with Gasteiger partial charge in [0.25, 0.3) is 0 Å². The van der Waals surface area contributed by atoms with Crippen LogP contribution >= 0.6 is 0 Å². The predicted molar refractivity (Wildman–Crippen MR) is 547 cm³/mol. The molecule has 1 heterocycles. The van der Waals surface area contributed by atoms with Gasteiger partial charge in [0.05, 0.1) is 421 Å². The lowest BCUT2D eigenvalue weighted by molar-refractivity contribution is -0.130. The van der Waals surface area contributed by atoms with Crippen molar-refractivity contribution in [3.63, 3.8) is 0 Å². The lowest BCUT2D eigenvalue weighted by Crippen LogP contribution is -2.62. The first-order valence-electron chi connectivity index (χ1n) is 53.0. The molecule has 0 aromatic carbocycles. The molecule has 0 spiro atoms. The van der Waals surface area contributed by atoms with Gasteiger partial charge in [-0.1, -0.05) is 0 Å². The van der Waals surface area contributed by atoms with Crippen LogP contribution in [0.4, 0.5) is 0 Å². The Morgan fingerprint density at radius 2 is 0.170 bits per heavy atom. The Balaban J connectivity index is 2.75. The highest BCUT2D eigenvalue weighted by atomic mass is 16.6. The minimum Gasteiger partial charge on any atom is -0.382 e. The zero-order valence-corrected chi connectivity index (χ0v) is 95.3.